The van der Waals surface area contributed by atoms with Crippen LogP contribution in [-0.2, 0) is 4.79 Å². The molecule has 0 aliphatic carbocycles. The summed E-state index contributed by atoms with van der Waals surface area (Å²) in [5, 5.41) is 12.0. The third-order valence-corrected chi connectivity index (χ3v) is 3.54. The summed E-state index contributed by atoms with van der Waals surface area (Å²) < 4.78 is 5.32. The maximum atomic E-state index is 11.7. The number of anilines is 1. The largest absolute Gasteiger partial charge is 0.482 e. The van der Waals surface area contributed by atoms with E-state index in [-0.39, 0.29) is 12.5 Å². The Balaban J connectivity index is 1.89. The molecule has 0 atom stereocenters. The van der Waals surface area contributed by atoms with Crippen LogP contribution in [0.1, 0.15) is 0 Å². The van der Waals surface area contributed by atoms with Crippen LogP contribution in [0.5, 0.6) is 5.75 Å². The van der Waals surface area contributed by atoms with Crippen LogP contribution in [0, 0.1) is 0 Å². The first-order valence-corrected chi connectivity index (χ1v) is 7.82. The van der Waals surface area contributed by atoms with Crippen LogP contribution in [0.25, 0.3) is 0 Å². The number of halogens is 2. The maximum absolute atomic E-state index is 11.7. The second kappa shape index (κ2) is 7.49. The number of ether oxygens (including phenoxy) is 1. The fourth-order valence-corrected chi connectivity index (χ4v) is 2.20. The summed E-state index contributed by atoms with van der Waals surface area (Å²) >= 11 is 13.2. The van der Waals surface area contributed by atoms with Gasteiger partial charge in [-0.25, -0.2) is 0 Å². The molecule has 110 valence electrons. The molecule has 0 saturated carbocycles. The number of carbonyl (C=O) groups excluding carboxylic acids is 1. The zero-order valence-electron chi connectivity index (χ0n) is 11.0. The van der Waals surface area contributed by atoms with Crippen molar-refractivity contribution in [2.45, 2.75) is 5.03 Å². The summed E-state index contributed by atoms with van der Waals surface area (Å²) in [7, 11) is 0. The maximum Gasteiger partial charge on any atom is 0.263 e. The van der Waals surface area contributed by atoms with Gasteiger partial charge in [-0.1, -0.05) is 23.2 Å². The molecule has 8 heteroatoms. The Hall–Kier alpha value is -1.50. The Kier molecular flexibility index (Phi) is 5.67. The Morgan fingerprint density at radius 1 is 1.29 bits per heavy atom. The number of nitrogens with one attached hydrogen (secondary N) is 1. The molecule has 0 unspecified atom stereocenters. The van der Waals surface area contributed by atoms with E-state index >= 15 is 0 Å². The number of rotatable bonds is 5. The lowest BCUT2D eigenvalue weighted by Gasteiger charge is -2.08. The van der Waals surface area contributed by atoms with Crippen molar-refractivity contribution in [2.75, 3.05) is 18.2 Å². The summed E-state index contributed by atoms with van der Waals surface area (Å²) in [5.74, 6) is 0.399. The van der Waals surface area contributed by atoms with E-state index in [9.17, 15) is 4.79 Å². The second-order valence-corrected chi connectivity index (χ2v) is 5.54. The molecular formula is C13H11Cl2N3O2S. The van der Waals surface area contributed by atoms with E-state index in [1.165, 1.54) is 11.8 Å². The van der Waals surface area contributed by atoms with Crippen molar-refractivity contribution in [2.24, 2.45) is 0 Å². The fraction of sp³-hybridized carbons (Fsp3) is 0.154. The summed E-state index contributed by atoms with van der Waals surface area (Å²) in [6.07, 6.45) is 1.89. The van der Waals surface area contributed by atoms with Crippen molar-refractivity contribution in [3.05, 3.63) is 40.4 Å². The molecule has 2 rings (SSSR count). The minimum atomic E-state index is -0.354. The molecule has 0 aliphatic heterocycles. The van der Waals surface area contributed by atoms with E-state index in [0.29, 0.717) is 21.6 Å². The molecule has 0 saturated heterocycles. The van der Waals surface area contributed by atoms with Crippen molar-refractivity contribution in [3.8, 4) is 5.75 Å². The molecule has 0 fully saturated rings. The number of aromatic nitrogens is 2. The van der Waals surface area contributed by atoms with Crippen LogP contribution in [-0.4, -0.2) is 29.0 Å². The van der Waals surface area contributed by atoms with Crippen LogP contribution < -0.4 is 10.1 Å². The third kappa shape index (κ3) is 4.77. The Bertz CT molecular complexity index is 638. The van der Waals surface area contributed by atoms with Gasteiger partial charge in [0.25, 0.3) is 5.91 Å². The highest BCUT2D eigenvalue weighted by Crippen LogP contribution is 2.27. The highest BCUT2D eigenvalue weighted by molar-refractivity contribution is 7.98. The van der Waals surface area contributed by atoms with Crippen LogP contribution in [0.2, 0.25) is 10.0 Å². The monoisotopic (exact) mass is 343 g/mol. The molecule has 2 aromatic rings. The topological polar surface area (TPSA) is 64.1 Å². The molecule has 1 N–H and O–H groups in total. The normalized spacial score (nSPS) is 10.2. The minimum absolute atomic E-state index is 0.187. The van der Waals surface area contributed by atoms with Gasteiger partial charge in [0.2, 0.25) is 0 Å². The first-order valence-electron chi connectivity index (χ1n) is 5.84. The minimum Gasteiger partial charge on any atom is -0.482 e. The number of hydrogen-bond acceptors (Lipinski definition) is 5. The Morgan fingerprint density at radius 2 is 2.10 bits per heavy atom. The van der Waals surface area contributed by atoms with Gasteiger partial charge in [0.05, 0.1) is 5.02 Å². The average molecular weight is 344 g/mol. The predicted octanol–water partition coefficient (Wildman–Crippen LogP) is 3.52. The quantitative estimate of drug-likeness (QED) is 0.841. The third-order valence-electron chi connectivity index (χ3n) is 2.37. The first kappa shape index (κ1) is 15.9. The van der Waals surface area contributed by atoms with Crippen molar-refractivity contribution < 1.29 is 9.53 Å². The van der Waals surface area contributed by atoms with Gasteiger partial charge in [-0.15, -0.1) is 22.0 Å². The lowest BCUT2D eigenvalue weighted by atomic mass is 10.3. The van der Waals surface area contributed by atoms with Crippen LogP contribution in [0.3, 0.4) is 0 Å². The zero-order chi connectivity index (χ0) is 15.2. The van der Waals surface area contributed by atoms with E-state index in [4.69, 9.17) is 27.9 Å². The van der Waals surface area contributed by atoms with Crippen LogP contribution in [0.15, 0.2) is 35.4 Å². The zero-order valence-corrected chi connectivity index (χ0v) is 13.3. The van der Waals surface area contributed by atoms with Gasteiger partial charge in [0.1, 0.15) is 10.8 Å². The number of amides is 1. The smallest absolute Gasteiger partial charge is 0.263 e. The van der Waals surface area contributed by atoms with Gasteiger partial charge < -0.3 is 10.1 Å². The SMILES string of the molecule is CSc1ccc(NC(=O)COc2ccc(Cl)cc2Cl)nn1. The molecule has 0 bridgehead atoms. The summed E-state index contributed by atoms with van der Waals surface area (Å²) in [6.45, 7) is -0.187. The van der Waals surface area contributed by atoms with Crippen molar-refractivity contribution in [1.29, 1.82) is 0 Å². The number of hydrogen-bond donors (Lipinski definition) is 1. The van der Waals surface area contributed by atoms with E-state index < -0.39 is 0 Å². The van der Waals surface area contributed by atoms with Gasteiger partial charge in [-0.2, -0.15) is 0 Å². The van der Waals surface area contributed by atoms with Gasteiger partial charge in [-0.3, -0.25) is 4.79 Å². The molecular weight excluding hydrogens is 333 g/mol. The summed E-state index contributed by atoms with van der Waals surface area (Å²) in [6, 6.07) is 8.22. The molecule has 1 aromatic heterocycles. The number of carbonyl (C=O) groups is 1. The van der Waals surface area contributed by atoms with E-state index in [0.717, 1.165) is 5.03 Å². The van der Waals surface area contributed by atoms with Gasteiger partial charge >= 0.3 is 0 Å². The van der Waals surface area contributed by atoms with E-state index in [2.05, 4.69) is 15.5 Å². The molecule has 5 nitrogen and oxygen atoms in total. The standard InChI is InChI=1S/C13H11Cl2N3O2S/c1-21-13-5-4-11(17-18-13)16-12(19)7-20-10-3-2-8(14)6-9(10)15/h2-6H,7H2,1H3,(H,16,17,19). The molecule has 1 amide bonds. The molecule has 0 spiro atoms. The molecule has 0 aliphatic rings. The lowest BCUT2D eigenvalue weighted by molar-refractivity contribution is -0.118. The van der Waals surface area contributed by atoms with Crippen molar-refractivity contribution >= 4 is 46.7 Å². The average Bonchev–Trinajstić information content (AvgIpc) is 2.47. The van der Waals surface area contributed by atoms with Crippen molar-refractivity contribution in [1.82, 2.24) is 10.2 Å². The summed E-state index contributed by atoms with van der Waals surface area (Å²) in [5.41, 5.74) is 0. The van der Waals surface area contributed by atoms with Gasteiger partial charge in [0.15, 0.2) is 12.4 Å². The summed E-state index contributed by atoms with van der Waals surface area (Å²) in [4.78, 5) is 11.7. The first-order chi connectivity index (χ1) is 10.1. The van der Waals surface area contributed by atoms with E-state index in [1.54, 1.807) is 30.3 Å². The number of benzene rings is 1. The van der Waals surface area contributed by atoms with Crippen molar-refractivity contribution in [3.63, 3.8) is 0 Å². The Morgan fingerprint density at radius 3 is 2.71 bits per heavy atom. The number of nitrogens with zero attached hydrogens (tertiary/aromatic N) is 2. The molecule has 1 aromatic carbocycles. The molecule has 0 radical (unpaired) electrons. The number of thioether (sulfide) groups is 1. The molecule has 1 heterocycles. The van der Waals surface area contributed by atoms with Gasteiger partial charge in [-0.05, 0) is 36.6 Å². The lowest BCUT2D eigenvalue weighted by Crippen LogP contribution is -2.21. The van der Waals surface area contributed by atoms with Gasteiger partial charge in [0, 0.05) is 5.02 Å². The van der Waals surface area contributed by atoms with Crippen LogP contribution in [0.4, 0.5) is 5.82 Å². The Labute approximate surface area is 136 Å². The highest BCUT2D eigenvalue weighted by atomic mass is 35.5. The predicted molar refractivity (Wildman–Crippen MR) is 84.4 cm³/mol. The molecule has 21 heavy (non-hydrogen) atoms. The van der Waals surface area contributed by atoms with E-state index in [1.807, 2.05) is 6.26 Å². The highest BCUT2D eigenvalue weighted by Gasteiger charge is 2.08. The fourth-order valence-electron chi connectivity index (χ4n) is 1.41. The second-order valence-electron chi connectivity index (χ2n) is 3.87. The van der Waals surface area contributed by atoms with Crippen LogP contribution >= 0.6 is 35.0 Å².